The van der Waals surface area contributed by atoms with Crippen molar-refractivity contribution in [1.82, 2.24) is 15.0 Å². The molecular weight excluding hydrogens is 562 g/mol. The normalized spacial score (nSPS) is 30.1. The molecule has 5 rings (SSSR count). The molecule has 3 unspecified atom stereocenters. The summed E-state index contributed by atoms with van der Waals surface area (Å²) in [6.07, 6.45) is 8.78. The average molecular weight is 604 g/mol. The number of hydrogen-bond acceptors (Lipinski definition) is 11. The number of carbonyl (C=O) groups excluding carboxylic acids is 2. The summed E-state index contributed by atoms with van der Waals surface area (Å²) in [5, 5.41) is 24.8. The first-order chi connectivity index (χ1) is 21.0. The summed E-state index contributed by atoms with van der Waals surface area (Å²) in [6.45, 7) is 10.3. The topological polar surface area (TPSA) is 170 Å². The molecule has 3 heterocycles. The van der Waals surface area contributed by atoms with Gasteiger partial charge in [0.2, 0.25) is 5.95 Å². The predicted octanol–water partition coefficient (Wildman–Crippen LogP) is 3.82. The van der Waals surface area contributed by atoms with E-state index >= 15 is 0 Å². The number of fused-ring (bicyclic) bond motifs is 1. The first-order valence-electron chi connectivity index (χ1n) is 15.1. The number of aliphatic hydroxyl groups excluding tert-OH is 2. The van der Waals surface area contributed by atoms with E-state index in [0.29, 0.717) is 29.8 Å². The second-order valence-corrected chi connectivity index (χ2v) is 12.5. The monoisotopic (exact) mass is 603 g/mol. The van der Waals surface area contributed by atoms with Gasteiger partial charge in [0.25, 0.3) is 0 Å². The number of pyridine rings is 1. The van der Waals surface area contributed by atoms with E-state index in [1.807, 2.05) is 25.1 Å². The summed E-state index contributed by atoms with van der Waals surface area (Å²) in [5.41, 5.74) is 6.44. The Balaban J connectivity index is 1.58. The number of cyclic esters (lactones) is 1. The molecule has 0 amide bonds. The maximum atomic E-state index is 13.6. The molecule has 11 nitrogen and oxygen atoms in total. The zero-order chi connectivity index (χ0) is 31.6. The fourth-order valence-corrected chi connectivity index (χ4v) is 7.55. The summed E-state index contributed by atoms with van der Waals surface area (Å²) >= 11 is 0. The van der Waals surface area contributed by atoms with Crippen molar-refractivity contribution < 1.29 is 29.3 Å². The van der Waals surface area contributed by atoms with Crippen molar-refractivity contribution in [2.45, 2.75) is 65.0 Å². The standard InChI is InChI=1S/C33H41N5O6/c1-5-43-30(42)28(20-16-36-31(34)37-17-20)24-14-21(29(41)44-24)23(38-27-8-6-7-13-35-27)15-22-19(2)9-10-25-32(22,3)12-11-26(40)33(25,4)18-39/h6-8,13-14,16-17,22-23,25-26,39-40H,2,5,9-12,15,18H2,1,3-4H3,(H,35,38)(H2,34,36,37)/b28-24-/t22?,23?,25?,26-,32-,33+/m1/s1. The second kappa shape index (κ2) is 12.5. The number of ether oxygens (including phenoxy) is 2. The summed E-state index contributed by atoms with van der Waals surface area (Å²) in [5.74, 6) is -0.639. The molecule has 2 aromatic rings. The Hall–Kier alpha value is -4.09. The summed E-state index contributed by atoms with van der Waals surface area (Å²) in [4.78, 5) is 39.1. The van der Waals surface area contributed by atoms with E-state index in [4.69, 9.17) is 15.2 Å². The van der Waals surface area contributed by atoms with Gasteiger partial charge in [0.05, 0.1) is 30.9 Å². The Labute approximate surface area is 257 Å². The predicted molar refractivity (Wildman–Crippen MR) is 164 cm³/mol. The second-order valence-electron chi connectivity index (χ2n) is 12.5. The maximum Gasteiger partial charge on any atom is 0.342 e. The minimum Gasteiger partial charge on any atom is -0.462 e. The van der Waals surface area contributed by atoms with Gasteiger partial charge in [-0.15, -0.1) is 0 Å². The minimum atomic E-state index is -0.685. The molecule has 0 bridgehead atoms. The van der Waals surface area contributed by atoms with Crippen LogP contribution >= 0.6 is 0 Å². The number of allylic oxidation sites excluding steroid dienone is 2. The Kier molecular flexibility index (Phi) is 8.90. The third-order valence-electron chi connectivity index (χ3n) is 9.94. The lowest BCUT2D eigenvalue weighted by atomic mass is 9.46. The number of aromatic nitrogens is 3. The first-order valence-corrected chi connectivity index (χ1v) is 15.1. The van der Waals surface area contributed by atoms with E-state index in [-0.39, 0.29) is 47.7 Å². The molecule has 3 aliphatic rings. The third kappa shape index (κ3) is 5.73. The molecule has 6 atom stereocenters. The number of nitrogen functional groups attached to an aromatic ring is 1. The summed E-state index contributed by atoms with van der Waals surface area (Å²) in [7, 11) is 0. The van der Waals surface area contributed by atoms with Crippen molar-refractivity contribution >= 4 is 29.3 Å². The lowest BCUT2D eigenvalue weighted by Crippen LogP contribution is -2.58. The third-order valence-corrected chi connectivity index (χ3v) is 9.94. The fraction of sp³-hybridized carbons (Fsp3) is 0.485. The highest BCUT2D eigenvalue weighted by Gasteiger charge is 2.58. The quantitative estimate of drug-likeness (QED) is 0.187. The number of hydrogen-bond donors (Lipinski definition) is 4. The highest BCUT2D eigenvalue weighted by molar-refractivity contribution is 6.18. The number of nitrogens with zero attached hydrogens (tertiary/aromatic N) is 3. The van der Waals surface area contributed by atoms with Gasteiger partial charge in [-0.05, 0) is 74.5 Å². The fourth-order valence-electron chi connectivity index (χ4n) is 7.55. The van der Waals surface area contributed by atoms with Crippen LogP contribution in [0.4, 0.5) is 11.8 Å². The molecule has 2 fully saturated rings. The van der Waals surface area contributed by atoms with Gasteiger partial charge in [0, 0.05) is 29.6 Å². The molecule has 2 saturated carbocycles. The van der Waals surface area contributed by atoms with Crippen LogP contribution in [0, 0.1) is 22.7 Å². The summed E-state index contributed by atoms with van der Waals surface area (Å²) < 4.78 is 11.0. The van der Waals surface area contributed by atoms with Gasteiger partial charge in [-0.2, -0.15) is 0 Å². The lowest BCUT2D eigenvalue weighted by molar-refractivity contribution is -0.152. The molecule has 5 N–H and O–H groups in total. The van der Waals surface area contributed by atoms with Gasteiger partial charge in [-0.3, -0.25) is 0 Å². The van der Waals surface area contributed by atoms with Crippen LogP contribution in [0.5, 0.6) is 0 Å². The zero-order valence-corrected chi connectivity index (χ0v) is 25.5. The Bertz CT molecular complexity index is 1480. The Morgan fingerprint density at radius 3 is 2.66 bits per heavy atom. The Morgan fingerprint density at radius 1 is 1.25 bits per heavy atom. The van der Waals surface area contributed by atoms with Gasteiger partial charge in [0.1, 0.15) is 17.2 Å². The van der Waals surface area contributed by atoms with E-state index in [1.165, 1.54) is 12.4 Å². The highest BCUT2D eigenvalue weighted by Crippen LogP contribution is 2.62. The summed E-state index contributed by atoms with van der Waals surface area (Å²) in [6, 6.07) is 4.92. The molecule has 234 valence electrons. The van der Waals surface area contributed by atoms with Crippen molar-refractivity contribution in [3.63, 3.8) is 0 Å². The molecule has 1 aliphatic heterocycles. The number of carbonyl (C=O) groups is 2. The number of nitrogens with one attached hydrogen (secondary N) is 1. The molecule has 11 heteroatoms. The van der Waals surface area contributed by atoms with Gasteiger partial charge >= 0.3 is 11.9 Å². The molecule has 0 aromatic carbocycles. The van der Waals surface area contributed by atoms with Crippen molar-refractivity contribution in [1.29, 1.82) is 0 Å². The molecule has 0 radical (unpaired) electrons. The average Bonchev–Trinajstić information content (AvgIpc) is 3.38. The van der Waals surface area contributed by atoms with E-state index in [0.717, 1.165) is 24.8 Å². The molecule has 2 aromatic heterocycles. The van der Waals surface area contributed by atoms with Gasteiger partial charge in [-0.1, -0.05) is 32.1 Å². The van der Waals surface area contributed by atoms with E-state index in [9.17, 15) is 19.8 Å². The lowest BCUT2D eigenvalue weighted by Gasteiger charge is -2.60. The van der Waals surface area contributed by atoms with Crippen LogP contribution in [0.2, 0.25) is 0 Å². The largest absolute Gasteiger partial charge is 0.462 e. The van der Waals surface area contributed by atoms with Crippen LogP contribution in [-0.2, 0) is 19.1 Å². The Morgan fingerprint density at radius 2 is 2.00 bits per heavy atom. The van der Waals surface area contributed by atoms with Crippen LogP contribution in [0.15, 0.2) is 66.3 Å². The van der Waals surface area contributed by atoms with Gasteiger partial charge in [0.15, 0.2) is 0 Å². The minimum absolute atomic E-state index is 0.0147. The van der Waals surface area contributed by atoms with Crippen LogP contribution < -0.4 is 11.1 Å². The van der Waals surface area contributed by atoms with Crippen LogP contribution in [-0.4, -0.2) is 62.5 Å². The maximum absolute atomic E-state index is 13.6. The zero-order valence-electron chi connectivity index (χ0n) is 25.5. The number of rotatable bonds is 9. The van der Waals surface area contributed by atoms with Crippen molar-refractivity contribution in [2.75, 3.05) is 24.3 Å². The smallest absolute Gasteiger partial charge is 0.342 e. The molecule has 0 saturated heterocycles. The number of anilines is 2. The molecule has 0 spiro atoms. The SMILES string of the molecule is C=C1CCC2[C@](C)(CC[C@@H](O)[C@@]2(C)CO)C1CC(Nc1ccccn1)C1=C/C(=C(/C(=O)OCC)c2cnc(N)nc2)OC1=O. The highest BCUT2D eigenvalue weighted by atomic mass is 16.6. The van der Waals surface area contributed by atoms with Gasteiger partial charge < -0.3 is 30.7 Å². The molecular formula is C33H41N5O6. The van der Waals surface area contributed by atoms with Crippen molar-refractivity contribution in [3.05, 3.63) is 71.9 Å². The van der Waals surface area contributed by atoms with E-state index in [1.54, 1.807) is 19.2 Å². The van der Waals surface area contributed by atoms with Gasteiger partial charge in [-0.25, -0.2) is 24.5 Å². The van der Waals surface area contributed by atoms with E-state index < -0.39 is 29.5 Å². The van der Waals surface area contributed by atoms with E-state index in [2.05, 4.69) is 33.8 Å². The van der Waals surface area contributed by atoms with Crippen LogP contribution in [0.3, 0.4) is 0 Å². The molecule has 2 aliphatic carbocycles. The van der Waals surface area contributed by atoms with Crippen LogP contribution in [0.1, 0.15) is 58.4 Å². The first kappa shape index (κ1) is 31.3. The van der Waals surface area contributed by atoms with Crippen molar-refractivity contribution in [2.24, 2.45) is 22.7 Å². The van der Waals surface area contributed by atoms with Crippen molar-refractivity contribution in [3.8, 4) is 0 Å². The number of nitrogens with two attached hydrogens (primary N) is 1. The number of esters is 2. The number of aliphatic hydroxyl groups is 2. The molecule has 44 heavy (non-hydrogen) atoms. The van der Waals surface area contributed by atoms with Crippen LogP contribution in [0.25, 0.3) is 5.57 Å².